The maximum absolute atomic E-state index is 12.2. The molecule has 0 spiro atoms. The minimum atomic E-state index is -3.71. The zero-order chi connectivity index (χ0) is 14.2. The summed E-state index contributed by atoms with van der Waals surface area (Å²) < 4.78 is 30.1. The van der Waals surface area contributed by atoms with Gasteiger partial charge in [-0.3, -0.25) is 4.68 Å². The monoisotopic (exact) mass is 284 g/mol. The second-order valence-corrected chi connectivity index (χ2v) is 5.91. The van der Waals surface area contributed by atoms with Crippen LogP contribution in [0.4, 0.5) is 5.82 Å². The van der Waals surface area contributed by atoms with Crippen molar-refractivity contribution in [1.29, 1.82) is 0 Å². The standard InChI is InChI=1S/C10H16N6O2S/c1-7-9(10(11)14-16(7)3)19(17,18)13-6-8-12-4-5-15(8)2/h4-5,13H,6H2,1-3H3,(H2,11,14). The van der Waals surface area contributed by atoms with E-state index in [9.17, 15) is 8.42 Å². The summed E-state index contributed by atoms with van der Waals surface area (Å²) >= 11 is 0. The van der Waals surface area contributed by atoms with E-state index >= 15 is 0 Å². The zero-order valence-corrected chi connectivity index (χ0v) is 11.8. The lowest BCUT2D eigenvalue weighted by Gasteiger charge is -2.07. The van der Waals surface area contributed by atoms with E-state index < -0.39 is 10.0 Å². The lowest BCUT2D eigenvalue weighted by Crippen LogP contribution is -2.25. The van der Waals surface area contributed by atoms with E-state index in [1.807, 2.05) is 0 Å². The van der Waals surface area contributed by atoms with Crippen molar-refractivity contribution in [2.75, 3.05) is 5.73 Å². The Labute approximate surface area is 111 Å². The number of nitrogen functional groups attached to an aromatic ring is 1. The van der Waals surface area contributed by atoms with Crippen LogP contribution in [0.15, 0.2) is 17.3 Å². The number of hydrogen-bond donors (Lipinski definition) is 2. The number of rotatable bonds is 4. The predicted molar refractivity (Wildman–Crippen MR) is 69.6 cm³/mol. The van der Waals surface area contributed by atoms with Crippen LogP contribution in [0.25, 0.3) is 0 Å². The third-order valence-corrected chi connectivity index (χ3v) is 4.48. The van der Waals surface area contributed by atoms with Crippen LogP contribution in [-0.4, -0.2) is 27.7 Å². The fourth-order valence-corrected chi connectivity index (χ4v) is 3.05. The lowest BCUT2D eigenvalue weighted by molar-refractivity contribution is 0.576. The Kier molecular flexibility index (Phi) is 3.33. The molecular formula is C10H16N6O2S. The van der Waals surface area contributed by atoms with Gasteiger partial charge in [-0.1, -0.05) is 0 Å². The maximum Gasteiger partial charge on any atom is 0.246 e. The smallest absolute Gasteiger partial charge is 0.246 e. The Morgan fingerprint density at radius 1 is 1.42 bits per heavy atom. The second kappa shape index (κ2) is 4.67. The van der Waals surface area contributed by atoms with Gasteiger partial charge in [0.15, 0.2) is 5.82 Å². The van der Waals surface area contributed by atoms with Crippen molar-refractivity contribution >= 4 is 15.8 Å². The number of hydrogen-bond acceptors (Lipinski definition) is 5. The average molecular weight is 284 g/mol. The van der Waals surface area contributed by atoms with Crippen molar-refractivity contribution in [1.82, 2.24) is 24.1 Å². The highest BCUT2D eigenvalue weighted by atomic mass is 32.2. The molecule has 0 atom stereocenters. The molecule has 3 N–H and O–H groups in total. The topological polar surface area (TPSA) is 108 Å². The Hall–Kier alpha value is -1.87. The Morgan fingerprint density at radius 2 is 2.11 bits per heavy atom. The van der Waals surface area contributed by atoms with Crippen molar-refractivity contribution in [3.8, 4) is 0 Å². The lowest BCUT2D eigenvalue weighted by atomic mass is 10.5. The van der Waals surface area contributed by atoms with Gasteiger partial charge in [-0.2, -0.15) is 5.10 Å². The third-order valence-electron chi connectivity index (χ3n) is 2.91. The summed E-state index contributed by atoms with van der Waals surface area (Å²) in [5, 5.41) is 3.89. The van der Waals surface area contributed by atoms with Gasteiger partial charge in [-0.15, -0.1) is 0 Å². The number of nitrogens with zero attached hydrogens (tertiary/aromatic N) is 4. The molecule has 2 rings (SSSR count). The van der Waals surface area contributed by atoms with E-state index in [4.69, 9.17) is 5.73 Å². The summed E-state index contributed by atoms with van der Waals surface area (Å²) in [4.78, 5) is 4.06. The molecule has 0 saturated carbocycles. The van der Waals surface area contributed by atoms with Gasteiger partial charge < -0.3 is 10.3 Å². The molecule has 0 amide bonds. The van der Waals surface area contributed by atoms with Crippen LogP contribution in [0.2, 0.25) is 0 Å². The van der Waals surface area contributed by atoms with E-state index in [-0.39, 0.29) is 17.3 Å². The molecule has 0 fully saturated rings. The van der Waals surface area contributed by atoms with Crippen molar-refractivity contribution in [2.45, 2.75) is 18.4 Å². The predicted octanol–water partition coefficient (Wildman–Crippen LogP) is -0.477. The maximum atomic E-state index is 12.2. The summed E-state index contributed by atoms with van der Waals surface area (Å²) in [7, 11) is -0.271. The van der Waals surface area contributed by atoms with Gasteiger partial charge >= 0.3 is 0 Å². The van der Waals surface area contributed by atoms with Crippen LogP contribution < -0.4 is 10.5 Å². The average Bonchev–Trinajstić information content (AvgIpc) is 2.82. The molecule has 2 aromatic heterocycles. The molecule has 19 heavy (non-hydrogen) atoms. The normalized spacial score (nSPS) is 11.9. The molecule has 0 radical (unpaired) electrons. The Balaban J connectivity index is 2.26. The minimum absolute atomic E-state index is 0.00709. The highest BCUT2D eigenvalue weighted by Gasteiger charge is 2.24. The summed E-state index contributed by atoms with van der Waals surface area (Å²) in [6.07, 6.45) is 3.35. The molecular weight excluding hydrogens is 268 g/mol. The SMILES string of the molecule is Cc1c(S(=O)(=O)NCc2nccn2C)c(N)nn1C. The number of aromatic nitrogens is 4. The van der Waals surface area contributed by atoms with Gasteiger partial charge in [0.25, 0.3) is 0 Å². The molecule has 104 valence electrons. The fraction of sp³-hybridized carbons (Fsp3) is 0.400. The van der Waals surface area contributed by atoms with E-state index in [0.717, 1.165) is 0 Å². The van der Waals surface area contributed by atoms with Gasteiger partial charge in [0, 0.05) is 26.5 Å². The van der Waals surface area contributed by atoms with Gasteiger partial charge in [-0.25, -0.2) is 18.1 Å². The third kappa shape index (κ3) is 2.47. The first-order valence-corrected chi connectivity index (χ1v) is 7.06. The first kappa shape index (κ1) is 13.6. The van der Waals surface area contributed by atoms with E-state index in [2.05, 4.69) is 14.8 Å². The summed E-state index contributed by atoms with van der Waals surface area (Å²) in [6, 6.07) is 0. The van der Waals surface area contributed by atoms with Crippen LogP contribution in [0.3, 0.4) is 0 Å². The molecule has 0 unspecified atom stereocenters. The highest BCUT2D eigenvalue weighted by molar-refractivity contribution is 7.89. The number of aryl methyl sites for hydroxylation is 2. The van der Waals surface area contributed by atoms with E-state index in [1.54, 1.807) is 38.0 Å². The van der Waals surface area contributed by atoms with Crippen LogP contribution in [0.5, 0.6) is 0 Å². The van der Waals surface area contributed by atoms with E-state index in [0.29, 0.717) is 11.5 Å². The molecule has 0 bridgehead atoms. The Bertz CT molecular complexity index is 700. The largest absolute Gasteiger partial charge is 0.381 e. The van der Waals surface area contributed by atoms with Crippen molar-refractivity contribution in [3.63, 3.8) is 0 Å². The molecule has 2 heterocycles. The molecule has 0 saturated heterocycles. The molecule has 0 aromatic carbocycles. The van der Waals surface area contributed by atoms with Crippen LogP contribution in [0, 0.1) is 6.92 Å². The quantitative estimate of drug-likeness (QED) is 0.788. The van der Waals surface area contributed by atoms with Gasteiger partial charge in [0.05, 0.1) is 12.2 Å². The van der Waals surface area contributed by atoms with Crippen molar-refractivity contribution < 1.29 is 8.42 Å². The number of nitrogens with two attached hydrogens (primary N) is 1. The first-order chi connectivity index (χ1) is 8.83. The number of anilines is 1. The zero-order valence-electron chi connectivity index (χ0n) is 11.0. The minimum Gasteiger partial charge on any atom is -0.381 e. The van der Waals surface area contributed by atoms with Crippen molar-refractivity contribution in [3.05, 3.63) is 23.9 Å². The molecule has 8 nitrogen and oxygen atoms in total. The number of imidazole rings is 1. The van der Waals surface area contributed by atoms with Gasteiger partial charge in [0.2, 0.25) is 10.0 Å². The second-order valence-electron chi connectivity index (χ2n) is 4.20. The number of sulfonamides is 1. The molecule has 2 aromatic rings. The van der Waals surface area contributed by atoms with Gasteiger partial charge in [-0.05, 0) is 6.92 Å². The first-order valence-electron chi connectivity index (χ1n) is 5.58. The van der Waals surface area contributed by atoms with Gasteiger partial charge in [0.1, 0.15) is 10.7 Å². The summed E-state index contributed by atoms with van der Waals surface area (Å²) in [5.74, 6) is 0.607. The van der Waals surface area contributed by atoms with Crippen LogP contribution in [0.1, 0.15) is 11.5 Å². The molecule has 0 aliphatic heterocycles. The fourth-order valence-electron chi connectivity index (χ4n) is 1.74. The van der Waals surface area contributed by atoms with Crippen LogP contribution in [-0.2, 0) is 30.7 Å². The summed E-state index contributed by atoms with van der Waals surface area (Å²) in [5.41, 5.74) is 6.13. The highest BCUT2D eigenvalue weighted by Crippen LogP contribution is 2.20. The Morgan fingerprint density at radius 3 is 2.58 bits per heavy atom. The number of nitrogens with one attached hydrogen (secondary N) is 1. The molecule has 0 aliphatic carbocycles. The molecule has 0 aliphatic rings. The van der Waals surface area contributed by atoms with Crippen molar-refractivity contribution in [2.24, 2.45) is 14.1 Å². The summed E-state index contributed by atoms with van der Waals surface area (Å²) in [6.45, 7) is 1.75. The molecule has 9 heteroatoms. The van der Waals surface area contributed by atoms with E-state index in [1.165, 1.54) is 4.68 Å². The van der Waals surface area contributed by atoms with Crippen LogP contribution >= 0.6 is 0 Å².